The molecule has 2 N–H and O–H groups in total. The molecule has 0 aliphatic heterocycles. The van der Waals surface area contributed by atoms with Gasteiger partial charge in [0.05, 0.1) is 0 Å². The van der Waals surface area contributed by atoms with Gasteiger partial charge in [0.25, 0.3) is 0 Å². The summed E-state index contributed by atoms with van der Waals surface area (Å²) in [6, 6.07) is 8.29. The van der Waals surface area contributed by atoms with Gasteiger partial charge in [-0.3, -0.25) is 0 Å². The summed E-state index contributed by atoms with van der Waals surface area (Å²) < 4.78 is 0. The Bertz CT molecular complexity index is 756. The van der Waals surface area contributed by atoms with E-state index in [9.17, 15) is 10.2 Å². The Kier molecular flexibility index (Phi) is 5.05. The second-order valence-corrected chi connectivity index (χ2v) is 8.69. The quantitative estimate of drug-likeness (QED) is 0.668. The van der Waals surface area contributed by atoms with Gasteiger partial charge in [0, 0.05) is 17.0 Å². The van der Waals surface area contributed by atoms with E-state index in [0.717, 1.165) is 46.2 Å². The molecule has 0 saturated heterocycles. The molecule has 3 rings (SSSR count). The molecule has 0 spiro atoms. The van der Waals surface area contributed by atoms with Crippen LogP contribution in [0.3, 0.4) is 0 Å². The normalized spacial score (nSPS) is 16.8. The summed E-state index contributed by atoms with van der Waals surface area (Å²) in [7, 11) is 0. The lowest BCUT2D eigenvalue weighted by atomic mass is 9.62. The first-order valence-electron chi connectivity index (χ1n) is 9.83. The average molecular weight is 353 g/mol. The fraction of sp³-hybridized carbons (Fsp3) is 0.500. The number of hydrogen-bond acceptors (Lipinski definition) is 2. The van der Waals surface area contributed by atoms with Crippen LogP contribution in [0, 0.1) is 33.1 Å². The highest BCUT2D eigenvalue weighted by molar-refractivity contribution is 5.54. The van der Waals surface area contributed by atoms with Crippen LogP contribution < -0.4 is 0 Å². The average Bonchev–Trinajstić information content (AvgIpc) is 2.57. The van der Waals surface area contributed by atoms with E-state index in [1.54, 1.807) is 0 Å². The fourth-order valence-electron chi connectivity index (χ4n) is 4.99. The van der Waals surface area contributed by atoms with Crippen LogP contribution in [0.4, 0.5) is 0 Å². The zero-order chi connectivity index (χ0) is 19.1. The van der Waals surface area contributed by atoms with Gasteiger partial charge in [-0.05, 0) is 57.1 Å². The van der Waals surface area contributed by atoms with Gasteiger partial charge in [-0.25, -0.2) is 0 Å². The molecule has 0 atom stereocenters. The van der Waals surface area contributed by atoms with Crippen LogP contribution in [-0.4, -0.2) is 10.2 Å². The van der Waals surface area contributed by atoms with Gasteiger partial charge in [0.2, 0.25) is 0 Å². The molecule has 0 amide bonds. The largest absolute Gasteiger partial charge is 0.507 e. The summed E-state index contributed by atoms with van der Waals surface area (Å²) in [6.07, 6.45) is 5.95. The summed E-state index contributed by atoms with van der Waals surface area (Å²) >= 11 is 0. The van der Waals surface area contributed by atoms with E-state index >= 15 is 0 Å². The van der Waals surface area contributed by atoms with Gasteiger partial charge in [-0.1, -0.05) is 61.6 Å². The number of hydrogen-bond donors (Lipinski definition) is 2. The SMILES string of the molecule is Cc1cc(C)c(O)c(C(c2cc(C)cc(C)c2O)C2(C)CCCCC2)c1. The van der Waals surface area contributed by atoms with Crippen LogP contribution in [0.25, 0.3) is 0 Å². The minimum atomic E-state index is -0.000000000000000666. The lowest BCUT2D eigenvalue weighted by molar-refractivity contribution is 0.183. The Balaban J connectivity index is 2.28. The summed E-state index contributed by atoms with van der Waals surface area (Å²) in [6.45, 7) is 10.4. The molecule has 1 aliphatic rings. The second-order valence-electron chi connectivity index (χ2n) is 8.69. The number of aryl methyl sites for hydroxylation is 4. The number of aromatic hydroxyl groups is 2. The van der Waals surface area contributed by atoms with Crippen molar-refractivity contribution in [2.24, 2.45) is 5.41 Å². The molecule has 0 aromatic heterocycles. The van der Waals surface area contributed by atoms with Gasteiger partial charge < -0.3 is 10.2 Å². The molecule has 0 radical (unpaired) electrons. The molecule has 1 aliphatic carbocycles. The van der Waals surface area contributed by atoms with Crippen LogP contribution in [-0.2, 0) is 0 Å². The van der Waals surface area contributed by atoms with E-state index in [4.69, 9.17) is 0 Å². The first-order valence-corrected chi connectivity index (χ1v) is 9.83. The van der Waals surface area contributed by atoms with Crippen molar-refractivity contribution >= 4 is 0 Å². The molecule has 1 fully saturated rings. The van der Waals surface area contributed by atoms with E-state index in [0.29, 0.717) is 11.5 Å². The summed E-state index contributed by atoms with van der Waals surface area (Å²) in [5, 5.41) is 21.9. The van der Waals surface area contributed by atoms with E-state index in [2.05, 4.69) is 32.9 Å². The first-order chi connectivity index (χ1) is 12.2. The lowest BCUT2D eigenvalue weighted by Gasteiger charge is -2.42. The fourth-order valence-corrected chi connectivity index (χ4v) is 4.99. The topological polar surface area (TPSA) is 40.5 Å². The standard InChI is InChI=1S/C24H32O2/c1-15-11-17(3)22(25)19(13-15)21(24(5)9-7-6-8-10-24)20-14-16(2)12-18(4)23(20)26/h11-14,21,25-26H,6-10H2,1-5H3. The van der Waals surface area contributed by atoms with E-state index in [1.165, 1.54) is 19.3 Å². The van der Waals surface area contributed by atoms with Crippen molar-refractivity contribution in [1.82, 2.24) is 0 Å². The number of phenols is 2. The molecule has 140 valence electrons. The highest BCUT2D eigenvalue weighted by Crippen LogP contribution is 2.54. The van der Waals surface area contributed by atoms with Crippen molar-refractivity contribution in [2.75, 3.05) is 0 Å². The van der Waals surface area contributed by atoms with Crippen molar-refractivity contribution in [3.63, 3.8) is 0 Å². The third-order valence-corrected chi connectivity index (χ3v) is 6.26. The minimum absolute atomic E-state index is 0.000000000000000666. The molecular weight excluding hydrogens is 320 g/mol. The monoisotopic (exact) mass is 352 g/mol. The summed E-state index contributed by atoms with van der Waals surface area (Å²) in [5.74, 6) is 0.761. The van der Waals surface area contributed by atoms with E-state index < -0.39 is 0 Å². The maximum Gasteiger partial charge on any atom is 0.122 e. The zero-order valence-corrected chi connectivity index (χ0v) is 16.8. The molecule has 1 saturated carbocycles. The minimum Gasteiger partial charge on any atom is -0.507 e. The molecule has 2 aromatic rings. The highest BCUT2D eigenvalue weighted by atomic mass is 16.3. The maximum absolute atomic E-state index is 10.9. The van der Waals surface area contributed by atoms with Gasteiger partial charge >= 0.3 is 0 Å². The zero-order valence-electron chi connectivity index (χ0n) is 16.8. The predicted octanol–water partition coefficient (Wildman–Crippen LogP) is 6.43. The molecule has 0 unspecified atom stereocenters. The summed E-state index contributed by atoms with van der Waals surface area (Å²) in [4.78, 5) is 0. The van der Waals surface area contributed by atoms with Crippen molar-refractivity contribution in [1.29, 1.82) is 0 Å². The molecular formula is C24H32O2. The van der Waals surface area contributed by atoms with Crippen LogP contribution in [0.2, 0.25) is 0 Å². The smallest absolute Gasteiger partial charge is 0.122 e. The molecule has 0 heterocycles. The van der Waals surface area contributed by atoms with Crippen molar-refractivity contribution in [3.8, 4) is 11.5 Å². The molecule has 26 heavy (non-hydrogen) atoms. The van der Waals surface area contributed by atoms with Crippen molar-refractivity contribution < 1.29 is 10.2 Å². The van der Waals surface area contributed by atoms with Crippen LogP contribution >= 0.6 is 0 Å². The second kappa shape index (κ2) is 6.98. The number of benzene rings is 2. The van der Waals surface area contributed by atoms with Gasteiger partial charge in [0.1, 0.15) is 11.5 Å². The predicted molar refractivity (Wildman–Crippen MR) is 108 cm³/mol. The Hall–Kier alpha value is -1.96. The molecule has 2 nitrogen and oxygen atoms in total. The lowest BCUT2D eigenvalue weighted by Crippen LogP contribution is -2.29. The van der Waals surface area contributed by atoms with Gasteiger partial charge in [-0.15, -0.1) is 0 Å². The molecule has 2 aromatic carbocycles. The van der Waals surface area contributed by atoms with Crippen molar-refractivity contribution in [2.45, 2.75) is 72.6 Å². The maximum atomic E-state index is 10.9. The Morgan fingerprint density at radius 2 is 1.15 bits per heavy atom. The van der Waals surface area contributed by atoms with Crippen LogP contribution in [0.1, 0.15) is 78.3 Å². The van der Waals surface area contributed by atoms with Crippen molar-refractivity contribution in [3.05, 3.63) is 57.6 Å². The van der Waals surface area contributed by atoms with Crippen LogP contribution in [0.15, 0.2) is 24.3 Å². The Morgan fingerprint density at radius 1 is 0.731 bits per heavy atom. The van der Waals surface area contributed by atoms with Crippen LogP contribution in [0.5, 0.6) is 11.5 Å². The summed E-state index contributed by atoms with van der Waals surface area (Å²) in [5.41, 5.74) is 6.10. The van der Waals surface area contributed by atoms with Gasteiger partial charge in [-0.2, -0.15) is 0 Å². The van der Waals surface area contributed by atoms with Gasteiger partial charge in [0.15, 0.2) is 0 Å². The Labute approximate surface area is 157 Å². The molecule has 0 bridgehead atoms. The molecule has 2 heteroatoms. The number of phenolic OH excluding ortho intramolecular Hbond substituents is 2. The first kappa shape index (κ1) is 18.8. The third-order valence-electron chi connectivity index (χ3n) is 6.26. The highest BCUT2D eigenvalue weighted by Gasteiger charge is 2.40. The van der Waals surface area contributed by atoms with E-state index in [1.807, 2.05) is 26.0 Å². The Morgan fingerprint density at radius 3 is 1.58 bits per heavy atom. The third kappa shape index (κ3) is 3.34. The number of rotatable bonds is 3. The van der Waals surface area contributed by atoms with E-state index in [-0.39, 0.29) is 11.3 Å².